The molecule has 0 saturated heterocycles. The molecule has 0 spiro atoms. The van der Waals surface area contributed by atoms with Crippen LogP contribution in [0.3, 0.4) is 0 Å². The Kier molecular flexibility index (Phi) is 2.81. The minimum Gasteiger partial charge on any atom is -0.411 e. The lowest BCUT2D eigenvalue weighted by Crippen LogP contribution is -2.42. The van der Waals surface area contributed by atoms with E-state index in [-0.39, 0.29) is 17.9 Å². The van der Waals surface area contributed by atoms with E-state index in [0.717, 1.165) is 19.3 Å². The zero-order valence-electron chi connectivity index (χ0n) is 10.4. The zero-order chi connectivity index (χ0) is 13.4. The maximum atomic E-state index is 12.3. The summed E-state index contributed by atoms with van der Waals surface area (Å²) in [6, 6.07) is 6.69. The molecule has 1 saturated carbocycles. The molecule has 1 N–H and O–H groups in total. The van der Waals surface area contributed by atoms with Gasteiger partial charge in [0.2, 0.25) is 0 Å². The van der Waals surface area contributed by atoms with E-state index in [0.29, 0.717) is 23.3 Å². The number of fused-ring (bicyclic) bond motifs is 1. The fourth-order valence-electron chi connectivity index (χ4n) is 2.87. The first-order valence-corrected chi connectivity index (χ1v) is 6.39. The Balaban J connectivity index is 1.92. The molecule has 1 heterocycles. The summed E-state index contributed by atoms with van der Waals surface area (Å²) >= 11 is 0. The fourth-order valence-corrected chi connectivity index (χ4v) is 2.87. The summed E-state index contributed by atoms with van der Waals surface area (Å²) in [6.07, 6.45) is 2.81. The van der Waals surface area contributed by atoms with Crippen molar-refractivity contribution in [3.63, 3.8) is 0 Å². The van der Waals surface area contributed by atoms with Gasteiger partial charge < -0.3 is 5.21 Å². The SMILES string of the molecule is O=C1c2ccccc2C(=O)N1C1CCC/C(=N/O)C1. The Labute approximate surface area is 110 Å². The highest BCUT2D eigenvalue weighted by atomic mass is 16.4. The number of hydrogen-bond donors (Lipinski definition) is 1. The van der Waals surface area contributed by atoms with Crippen molar-refractivity contribution in [2.75, 3.05) is 0 Å². The van der Waals surface area contributed by atoms with Crippen molar-refractivity contribution in [2.45, 2.75) is 31.7 Å². The highest BCUT2D eigenvalue weighted by molar-refractivity contribution is 6.21. The van der Waals surface area contributed by atoms with Crippen LogP contribution in [0.2, 0.25) is 0 Å². The lowest BCUT2D eigenvalue weighted by Gasteiger charge is -2.29. The van der Waals surface area contributed by atoms with Crippen LogP contribution in [0.25, 0.3) is 0 Å². The van der Waals surface area contributed by atoms with Crippen LogP contribution >= 0.6 is 0 Å². The standard InChI is InChI=1S/C14H14N2O3/c17-13-11-6-1-2-7-12(11)14(18)16(13)10-5-3-4-9(8-10)15-19/h1-2,6-7,10,19H,3-5,8H2/b15-9-. The van der Waals surface area contributed by atoms with E-state index >= 15 is 0 Å². The van der Waals surface area contributed by atoms with Crippen molar-refractivity contribution < 1.29 is 14.8 Å². The molecule has 3 rings (SSSR count). The predicted molar refractivity (Wildman–Crippen MR) is 68.4 cm³/mol. The van der Waals surface area contributed by atoms with Gasteiger partial charge in [0.15, 0.2) is 0 Å². The van der Waals surface area contributed by atoms with Crippen molar-refractivity contribution >= 4 is 17.5 Å². The minimum atomic E-state index is -0.232. The van der Waals surface area contributed by atoms with Gasteiger partial charge in [-0.3, -0.25) is 14.5 Å². The van der Waals surface area contributed by atoms with Crippen LogP contribution in [-0.4, -0.2) is 33.7 Å². The number of hydrogen-bond acceptors (Lipinski definition) is 4. The van der Waals surface area contributed by atoms with Gasteiger partial charge in [-0.1, -0.05) is 17.3 Å². The van der Waals surface area contributed by atoms with Gasteiger partial charge in [0.1, 0.15) is 0 Å². The molecule has 2 amide bonds. The smallest absolute Gasteiger partial charge is 0.261 e. The van der Waals surface area contributed by atoms with Crippen LogP contribution < -0.4 is 0 Å². The third-order valence-electron chi connectivity index (χ3n) is 3.81. The maximum Gasteiger partial charge on any atom is 0.261 e. The van der Waals surface area contributed by atoms with Gasteiger partial charge in [-0.2, -0.15) is 0 Å². The van der Waals surface area contributed by atoms with Gasteiger partial charge in [-0.15, -0.1) is 0 Å². The van der Waals surface area contributed by atoms with Gasteiger partial charge >= 0.3 is 0 Å². The largest absolute Gasteiger partial charge is 0.411 e. The molecule has 2 aliphatic rings. The molecule has 1 fully saturated rings. The second kappa shape index (κ2) is 4.50. The molecule has 1 aliphatic heterocycles. The van der Waals surface area contributed by atoms with Gasteiger partial charge in [0.25, 0.3) is 11.8 Å². The van der Waals surface area contributed by atoms with Crippen molar-refractivity contribution in [3.8, 4) is 0 Å². The number of amides is 2. The van der Waals surface area contributed by atoms with Crippen molar-refractivity contribution in [3.05, 3.63) is 35.4 Å². The molecule has 0 radical (unpaired) electrons. The molecule has 19 heavy (non-hydrogen) atoms. The Morgan fingerprint density at radius 3 is 2.37 bits per heavy atom. The zero-order valence-corrected chi connectivity index (χ0v) is 10.4. The third-order valence-corrected chi connectivity index (χ3v) is 3.81. The van der Waals surface area contributed by atoms with E-state index in [1.165, 1.54) is 4.90 Å². The van der Waals surface area contributed by atoms with Crippen LogP contribution in [0.5, 0.6) is 0 Å². The van der Waals surface area contributed by atoms with Crippen molar-refractivity contribution in [2.24, 2.45) is 5.16 Å². The summed E-state index contributed by atoms with van der Waals surface area (Å²) in [5.41, 5.74) is 1.61. The monoisotopic (exact) mass is 258 g/mol. The van der Waals surface area contributed by atoms with Crippen LogP contribution in [0.15, 0.2) is 29.4 Å². The molecular weight excluding hydrogens is 244 g/mol. The van der Waals surface area contributed by atoms with Crippen LogP contribution in [0.4, 0.5) is 0 Å². The topological polar surface area (TPSA) is 70.0 Å². The molecule has 5 nitrogen and oxygen atoms in total. The van der Waals surface area contributed by atoms with E-state index in [1.54, 1.807) is 24.3 Å². The van der Waals surface area contributed by atoms with Crippen LogP contribution in [0.1, 0.15) is 46.4 Å². The number of carbonyl (C=O) groups is 2. The summed E-state index contributed by atoms with van der Waals surface area (Å²) in [6.45, 7) is 0. The van der Waals surface area contributed by atoms with Crippen LogP contribution in [0, 0.1) is 0 Å². The molecule has 1 unspecified atom stereocenters. The number of oxime groups is 1. The van der Waals surface area contributed by atoms with E-state index < -0.39 is 0 Å². The molecule has 1 aromatic rings. The number of nitrogens with zero attached hydrogens (tertiary/aromatic N) is 2. The van der Waals surface area contributed by atoms with E-state index in [9.17, 15) is 9.59 Å². The first-order valence-electron chi connectivity index (χ1n) is 6.39. The summed E-state index contributed by atoms with van der Waals surface area (Å²) in [5, 5.41) is 12.1. The van der Waals surface area contributed by atoms with E-state index in [4.69, 9.17) is 5.21 Å². The van der Waals surface area contributed by atoms with Gasteiger partial charge in [0.05, 0.1) is 16.8 Å². The van der Waals surface area contributed by atoms with Crippen molar-refractivity contribution in [1.82, 2.24) is 4.90 Å². The summed E-state index contributed by atoms with van der Waals surface area (Å²) in [5.74, 6) is -0.463. The van der Waals surface area contributed by atoms with Gasteiger partial charge in [-0.05, 0) is 31.4 Å². The third kappa shape index (κ3) is 1.82. The molecule has 98 valence electrons. The number of imide groups is 1. The summed E-state index contributed by atoms with van der Waals surface area (Å²) in [7, 11) is 0. The fraction of sp³-hybridized carbons (Fsp3) is 0.357. The lowest BCUT2D eigenvalue weighted by molar-refractivity contribution is 0.0573. The Morgan fingerprint density at radius 1 is 1.16 bits per heavy atom. The van der Waals surface area contributed by atoms with Gasteiger partial charge in [0, 0.05) is 12.5 Å². The van der Waals surface area contributed by atoms with E-state index in [2.05, 4.69) is 5.16 Å². The average Bonchev–Trinajstić information content (AvgIpc) is 2.72. The van der Waals surface area contributed by atoms with Crippen LogP contribution in [-0.2, 0) is 0 Å². The first kappa shape index (κ1) is 11.9. The summed E-state index contributed by atoms with van der Waals surface area (Å²) < 4.78 is 0. The quantitative estimate of drug-likeness (QED) is 0.476. The molecule has 1 atom stereocenters. The second-order valence-electron chi connectivity index (χ2n) is 4.94. The highest BCUT2D eigenvalue weighted by Gasteiger charge is 2.40. The van der Waals surface area contributed by atoms with E-state index in [1.807, 2.05) is 0 Å². The van der Waals surface area contributed by atoms with Gasteiger partial charge in [-0.25, -0.2) is 0 Å². The Morgan fingerprint density at radius 2 is 1.79 bits per heavy atom. The number of rotatable bonds is 1. The minimum absolute atomic E-state index is 0.188. The predicted octanol–water partition coefficient (Wildman–Crippen LogP) is 2.06. The number of carbonyl (C=O) groups excluding carboxylic acids is 2. The molecule has 5 heteroatoms. The first-order chi connectivity index (χ1) is 9.22. The molecule has 1 aliphatic carbocycles. The second-order valence-corrected chi connectivity index (χ2v) is 4.94. The summed E-state index contributed by atoms with van der Waals surface area (Å²) in [4.78, 5) is 25.9. The van der Waals surface area contributed by atoms with Crippen molar-refractivity contribution in [1.29, 1.82) is 0 Å². The normalized spacial score (nSPS) is 24.9. The Bertz CT molecular complexity index is 545. The molecular formula is C14H14N2O3. The maximum absolute atomic E-state index is 12.3. The lowest BCUT2D eigenvalue weighted by atomic mass is 9.92. The molecule has 0 aromatic heterocycles. The Hall–Kier alpha value is -2.17. The average molecular weight is 258 g/mol. The number of benzene rings is 1. The molecule has 0 bridgehead atoms. The highest BCUT2D eigenvalue weighted by Crippen LogP contribution is 2.30. The molecule has 1 aromatic carbocycles.